The molecule has 0 saturated carbocycles. The zero-order valence-electron chi connectivity index (χ0n) is 16.9. The van der Waals surface area contributed by atoms with Gasteiger partial charge in [0.2, 0.25) is 11.8 Å². The van der Waals surface area contributed by atoms with Crippen LogP contribution in [0.4, 0.5) is 0 Å². The fourth-order valence-electron chi connectivity index (χ4n) is 3.14. The van der Waals surface area contributed by atoms with Gasteiger partial charge in [-0.2, -0.15) is 0 Å². The molecule has 7 heteroatoms. The molecule has 0 saturated heterocycles. The SMILES string of the molecule is O=C(O)Cc1ccc2oc(-c3ccc(C=CC(=O)NCc4ccc(Cl)cc4)cc3)nc2c1. The predicted molar refractivity (Wildman–Crippen MR) is 123 cm³/mol. The number of fused-ring (bicyclic) bond motifs is 1. The third kappa shape index (κ3) is 5.42. The lowest BCUT2D eigenvalue weighted by atomic mass is 10.1. The van der Waals surface area contributed by atoms with E-state index >= 15 is 0 Å². The number of aliphatic carboxylic acids is 1. The number of nitrogens with one attached hydrogen (secondary N) is 1. The summed E-state index contributed by atoms with van der Waals surface area (Å²) in [5.74, 6) is -0.640. The van der Waals surface area contributed by atoms with Crippen molar-refractivity contribution in [3.63, 3.8) is 0 Å². The Morgan fingerprint density at radius 2 is 1.72 bits per heavy atom. The van der Waals surface area contributed by atoms with Gasteiger partial charge in [0.1, 0.15) is 5.52 Å². The van der Waals surface area contributed by atoms with Crippen LogP contribution in [0, 0.1) is 0 Å². The van der Waals surface area contributed by atoms with Crippen molar-refractivity contribution in [2.45, 2.75) is 13.0 Å². The fourth-order valence-corrected chi connectivity index (χ4v) is 3.27. The van der Waals surface area contributed by atoms with Gasteiger partial charge in [-0.05, 0) is 59.2 Å². The summed E-state index contributed by atoms with van der Waals surface area (Å²) in [7, 11) is 0. The number of hydrogen-bond acceptors (Lipinski definition) is 4. The van der Waals surface area contributed by atoms with Crippen molar-refractivity contribution in [2.75, 3.05) is 0 Å². The van der Waals surface area contributed by atoms with E-state index in [-0.39, 0.29) is 12.3 Å². The van der Waals surface area contributed by atoms with Crippen LogP contribution in [-0.4, -0.2) is 22.0 Å². The summed E-state index contributed by atoms with van der Waals surface area (Å²) >= 11 is 5.86. The summed E-state index contributed by atoms with van der Waals surface area (Å²) in [6.07, 6.45) is 3.14. The Morgan fingerprint density at radius 3 is 2.44 bits per heavy atom. The number of carbonyl (C=O) groups excluding carboxylic acids is 1. The first-order valence-electron chi connectivity index (χ1n) is 9.88. The molecule has 6 nitrogen and oxygen atoms in total. The first-order chi connectivity index (χ1) is 15.5. The number of nitrogens with zero attached hydrogens (tertiary/aromatic N) is 1. The van der Waals surface area contributed by atoms with E-state index in [0.717, 1.165) is 16.7 Å². The maximum Gasteiger partial charge on any atom is 0.307 e. The van der Waals surface area contributed by atoms with Gasteiger partial charge in [-0.25, -0.2) is 4.98 Å². The van der Waals surface area contributed by atoms with Crippen molar-refractivity contribution >= 4 is 40.7 Å². The Bertz CT molecular complexity index is 1290. The highest BCUT2D eigenvalue weighted by atomic mass is 35.5. The van der Waals surface area contributed by atoms with Crippen LogP contribution in [0.3, 0.4) is 0 Å². The van der Waals surface area contributed by atoms with Crippen LogP contribution in [0.5, 0.6) is 0 Å². The van der Waals surface area contributed by atoms with Gasteiger partial charge in [-0.15, -0.1) is 0 Å². The molecule has 0 radical (unpaired) electrons. The minimum absolute atomic E-state index is 0.0631. The van der Waals surface area contributed by atoms with Crippen LogP contribution in [-0.2, 0) is 22.6 Å². The number of halogens is 1. The van der Waals surface area contributed by atoms with Crippen molar-refractivity contribution in [3.05, 3.63) is 94.5 Å². The van der Waals surface area contributed by atoms with Crippen molar-refractivity contribution in [1.82, 2.24) is 10.3 Å². The molecule has 1 aromatic heterocycles. The highest BCUT2D eigenvalue weighted by molar-refractivity contribution is 6.30. The van der Waals surface area contributed by atoms with E-state index in [2.05, 4.69) is 10.3 Å². The molecule has 160 valence electrons. The molecule has 3 aromatic carbocycles. The van der Waals surface area contributed by atoms with Crippen LogP contribution in [0.15, 0.2) is 77.2 Å². The normalized spacial score (nSPS) is 11.2. The van der Waals surface area contributed by atoms with Gasteiger partial charge >= 0.3 is 5.97 Å². The molecule has 4 aromatic rings. The zero-order chi connectivity index (χ0) is 22.5. The van der Waals surface area contributed by atoms with Gasteiger partial charge in [0.25, 0.3) is 0 Å². The molecule has 0 aliphatic carbocycles. The second-order valence-electron chi connectivity index (χ2n) is 7.19. The smallest absolute Gasteiger partial charge is 0.307 e. The first kappa shape index (κ1) is 21.3. The van der Waals surface area contributed by atoms with E-state index in [1.807, 2.05) is 36.4 Å². The maximum atomic E-state index is 12.1. The number of hydrogen-bond donors (Lipinski definition) is 2. The van der Waals surface area contributed by atoms with E-state index in [4.69, 9.17) is 21.1 Å². The number of carboxylic acid groups (broad SMARTS) is 1. The first-order valence-corrected chi connectivity index (χ1v) is 10.3. The molecule has 0 aliphatic heterocycles. The molecule has 0 aliphatic rings. The molecular formula is C25H19ClN2O4. The number of amides is 1. The van der Waals surface area contributed by atoms with Crippen LogP contribution in [0.25, 0.3) is 28.6 Å². The van der Waals surface area contributed by atoms with Crippen molar-refractivity contribution in [2.24, 2.45) is 0 Å². The maximum absolute atomic E-state index is 12.1. The molecule has 0 spiro atoms. The van der Waals surface area contributed by atoms with Gasteiger partial charge in [-0.3, -0.25) is 9.59 Å². The largest absolute Gasteiger partial charge is 0.481 e. The monoisotopic (exact) mass is 446 g/mol. The molecule has 4 rings (SSSR count). The minimum atomic E-state index is -0.893. The Labute approximate surface area is 189 Å². The molecule has 0 bridgehead atoms. The standard InChI is InChI=1S/C25H19ClN2O4/c26-20-9-3-17(4-10-20)15-27-23(29)12-6-16-1-7-19(8-2-16)25-28-21-13-18(14-24(30)31)5-11-22(21)32-25/h1-13H,14-15H2,(H,27,29)(H,30,31). The third-order valence-electron chi connectivity index (χ3n) is 4.77. The number of oxazole rings is 1. The summed E-state index contributed by atoms with van der Waals surface area (Å²) < 4.78 is 5.78. The summed E-state index contributed by atoms with van der Waals surface area (Å²) in [5.41, 5.74) is 4.48. The number of benzene rings is 3. The third-order valence-corrected chi connectivity index (χ3v) is 5.02. The number of carbonyl (C=O) groups is 2. The van der Waals surface area contributed by atoms with E-state index in [9.17, 15) is 9.59 Å². The lowest BCUT2D eigenvalue weighted by Crippen LogP contribution is -2.20. The van der Waals surface area contributed by atoms with E-state index in [1.165, 1.54) is 6.08 Å². The summed E-state index contributed by atoms with van der Waals surface area (Å²) in [4.78, 5) is 27.4. The van der Waals surface area contributed by atoms with Crippen molar-refractivity contribution in [3.8, 4) is 11.5 Å². The second kappa shape index (κ2) is 9.49. The molecule has 0 fully saturated rings. The number of carboxylic acids is 1. The van der Waals surface area contributed by atoms with Gasteiger partial charge in [0, 0.05) is 23.2 Å². The van der Waals surface area contributed by atoms with Gasteiger partial charge in [0.15, 0.2) is 5.58 Å². The van der Waals surface area contributed by atoms with Crippen molar-refractivity contribution < 1.29 is 19.1 Å². The summed E-state index contributed by atoms with van der Waals surface area (Å²) in [6.45, 7) is 0.422. The van der Waals surface area contributed by atoms with E-state index in [0.29, 0.717) is 34.1 Å². The molecule has 1 amide bonds. The Hall–Kier alpha value is -3.90. The quantitative estimate of drug-likeness (QED) is 0.385. The van der Waals surface area contributed by atoms with Crippen LogP contribution < -0.4 is 5.32 Å². The van der Waals surface area contributed by atoms with E-state index in [1.54, 1.807) is 36.4 Å². The molecule has 0 unspecified atom stereocenters. The van der Waals surface area contributed by atoms with Crippen LogP contribution >= 0.6 is 11.6 Å². The average molecular weight is 447 g/mol. The van der Waals surface area contributed by atoms with Gasteiger partial charge in [-0.1, -0.05) is 41.9 Å². The highest BCUT2D eigenvalue weighted by Crippen LogP contribution is 2.25. The fraction of sp³-hybridized carbons (Fsp3) is 0.0800. The highest BCUT2D eigenvalue weighted by Gasteiger charge is 2.10. The number of rotatable bonds is 7. The summed E-state index contributed by atoms with van der Waals surface area (Å²) in [5, 5.41) is 12.4. The van der Waals surface area contributed by atoms with Crippen molar-refractivity contribution in [1.29, 1.82) is 0 Å². The van der Waals surface area contributed by atoms with Crippen LogP contribution in [0.2, 0.25) is 5.02 Å². The summed E-state index contributed by atoms with van der Waals surface area (Å²) in [6, 6.07) is 19.9. The molecule has 32 heavy (non-hydrogen) atoms. The topological polar surface area (TPSA) is 92.4 Å². The van der Waals surface area contributed by atoms with E-state index < -0.39 is 5.97 Å². The zero-order valence-corrected chi connectivity index (χ0v) is 17.7. The predicted octanol–water partition coefficient (Wildman–Crippen LogP) is 5.10. The minimum Gasteiger partial charge on any atom is -0.481 e. The Balaban J connectivity index is 1.39. The lowest BCUT2D eigenvalue weighted by molar-refractivity contribution is -0.136. The Morgan fingerprint density at radius 1 is 1.00 bits per heavy atom. The average Bonchev–Trinajstić information content (AvgIpc) is 3.20. The van der Waals surface area contributed by atoms with Crippen LogP contribution in [0.1, 0.15) is 16.7 Å². The molecular weight excluding hydrogens is 428 g/mol. The number of aromatic nitrogens is 1. The second-order valence-corrected chi connectivity index (χ2v) is 7.63. The van der Waals surface area contributed by atoms with Gasteiger partial charge < -0.3 is 14.8 Å². The lowest BCUT2D eigenvalue weighted by Gasteiger charge is -2.02. The van der Waals surface area contributed by atoms with Gasteiger partial charge in [0.05, 0.1) is 6.42 Å². The molecule has 1 heterocycles. The Kier molecular flexibility index (Phi) is 6.33. The molecule has 0 atom stereocenters. The molecule has 2 N–H and O–H groups in total.